The number of rotatable bonds is 7. The molecule has 2 aromatic carbocycles. The van der Waals surface area contributed by atoms with Crippen LogP contribution in [0.3, 0.4) is 0 Å². The SMILES string of the molecule is COC(=O)C(CCCCc1ccccc1)c1ccccc1. The van der Waals surface area contributed by atoms with Gasteiger partial charge in [0, 0.05) is 0 Å². The minimum absolute atomic E-state index is 0.138. The predicted molar refractivity (Wildman–Crippen MR) is 85.2 cm³/mol. The second-order valence-corrected chi connectivity index (χ2v) is 5.22. The van der Waals surface area contributed by atoms with Gasteiger partial charge in [-0.25, -0.2) is 0 Å². The van der Waals surface area contributed by atoms with Crippen molar-refractivity contribution < 1.29 is 9.53 Å². The Kier molecular flexibility index (Phi) is 6.01. The lowest BCUT2D eigenvalue weighted by Crippen LogP contribution is -2.14. The summed E-state index contributed by atoms with van der Waals surface area (Å²) >= 11 is 0. The number of aryl methyl sites for hydroxylation is 1. The largest absolute Gasteiger partial charge is 0.469 e. The summed E-state index contributed by atoms with van der Waals surface area (Å²) < 4.78 is 4.94. The average Bonchev–Trinajstić information content (AvgIpc) is 2.56. The third-order valence-corrected chi connectivity index (χ3v) is 3.74. The zero-order chi connectivity index (χ0) is 14.9. The van der Waals surface area contributed by atoms with Crippen molar-refractivity contribution in [1.29, 1.82) is 0 Å². The fourth-order valence-corrected chi connectivity index (χ4v) is 2.57. The number of unbranched alkanes of at least 4 members (excludes halogenated alkanes) is 1. The van der Waals surface area contributed by atoms with Gasteiger partial charge in [0.25, 0.3) is 0 Å². The van der Waals surface area contributed by atoms with Crippen molar-refractivity contribution in [1.82, 2.24) is 0 Å². The minimum Gasteiger partial charge on any atom is -0.469 e. The van der Waals surface area contributed by atoms with E-state index in [0.717, 1.165) is 31.2 Å². The Balaban J connectivity index is 1.87. The second kappa shape index (κ2) is 8.25. The number of carbonyl (C=O) groups is 1. The van der Waals surface area contributed by atoms with Crippen molar-refractivity contribution in [2.24, 2.45) is 0 Å². The van der Waals surface area contributed by atoms with Crippen LogP contribution in [0.25, 0.3) is 0 Å². The normalized spacial score (nSPS) is 11.9. The van der Waals surface area contributed by atoms with Crippen LogP contribution >= 0.6 is 0 Å². The summed E-state index contributed by atoms with van der Waals surface area (Å²) in [7, 11) is 1.46. The van der Waals surface area contributed by atoms with Crippen LogP contribution < -0.4 is 0 Å². The van der Waals surface area contributed by atoms with Crippen LogP contribution in [0.4, 0.5) is 0 Å². The Morgan fingerprint density at radius 3 is 2.19 bits per heavy atom. The van der Waals surface area contributed by atoms with Crippen molar-refractivity contribution in [3.05, 3.63) is 71.8 Å². The topological polar surface area (TPSA) is 26.3 Å². The summed E-state index contributed by atoms with van der Waals surface area (Å²) in [5, 5.41) is 0. The molecule has 21 heavy (non-hydrogen) atoms. The Bertz CT molecular complexity index is 534. The molecule has 0 fully saturated rings. The van der Waals surface area contributed by atoms with Crippen molar-refractivity contribution in [2.75, 3.05) is 7.11 Å². The highest BCUT2D eigenvalue weighted by atomic mass is 16.5. The molecular formula is C19H22O2. The van der Waals surface area contributed by atoms with Gasteiger partial charge < -0.3 is 4.74 Å². The molecule has 0 spiro atoms. The summed E-state index contributed by atoms with van der Waals surface area (Å²) in [6.45, 7) is 0. The number of ether oxygens (including phenoxy) is 1. The van der Waals surface area contributed by atoms with Crippen molar-refractivity contribution in [2.45, 2.75) is 31.6 Å². The van der Waals surface area contributed by atoms with E-state index in [4.69, 9.17) is 4.74 Å². The molecule has 0 aromatic heterocycles. The number of esters is 1. The minimum atomic E-state index is -0.146. The van der Waals surface area contributed by atoms with Gasteiger partial charge in [0.2, 0.25) is 0 Å². The van der Waals surface area contributed by atoms with Crippen molar-refractivity contribution in [3.8, 4) is 0 Å². The second-order valence-electron chi connectivity index (χ2n) is 5.22. The van der Waals surface area contributed by atoms with Crippen LogP contribution in [0.15, 0.2) is 60.7 Å². The van der Waals surface area contributed by atoms with Crippen LogP contribution in [-0.4, -0.2) is 13.1 Å². The molecule has 2 nitrogen and oxygen atoms in total. The van der Waals surface area contributed by atoms with Crippen LogP contribution in [-0.2, 0) is 16.0 Å². The Morgan fingerprint density at radius 1 is 0.952 bits per heavy atom. The fourth-order valence-electron chi connectivity index (χ4n) is 2.57. The zero-order valence-corrected chi connectivity index (χ0v) is 12.5. The average molecular weight is 282 g/mol. The fraction of sp³-hybridized carbons (Fsp3) is 0.316. The molecule has 0 aliphatic rings. The highest BCUT2D eigenvalue weighted by molar-refractivity contribution is 5.77. The number of hydrogen-bond donors (Lipinski definition) is 0. The van der Waals surface area contributed by atoms with E-state index < -0.39 is 0 Å². The van der Waals surface area contributed by atoms with Crippen LogP contribution in [0.1, 0.15) is 36.3 Å². The Labute approximate surface area is 126 Å². The first-order valence-electron chi connectivity index (χ1n) is 7.48. The van der Waals surface area contributed by atoms with Crippen LogP contribution in [0.2, 0.25) is 0 Å². The molecule has 2 aromatic rings. The molecule has 0 radical (unpaired) electrons. The van der Waals surface area contributed by atoms with Gasteiger partial charge in [-0.05, 0) is 30.4 Å². The molecule has 0 aliphatic heterocycles. The molecule has 0 heterocycles. The highest BCUT2D eigenvalue weighted by Crippen LogP contribution is 2.23. The number of carbonyl (C=O) groups excluding carboxylic acids is 1. The summed E-state index contributed by atoms with van der Waals surface area (Å²) in [6.07, 6.45) is 4.00. The van der Waals surface area contributed by atoms with Gasteiger partial charge in [-0.2, -0.15) is 0 Å². The Morgan fingerprint density at radius 2 is 1.57 bits per heavy atom. The van der Waals surface area contributed by atoms with Crippen molar-refractivity contribution >= 4 is 5.97 Å². The van der Waals surface area contributed by atoms with Gasteiger partial charge in [-0.15, -0.1) is 0 Å². The quantitative estimate of drug-likeness (QED) is 0.557. The molecular weight excluding hydrogens is 260 g/mol. The number of methoxy groups -OCH3 is 1. The monoisotopic (exact) mass is 282 g/mol. The predicted octanol–water partition coefficient (Wildman–Crippen LogP) is 4.36. The lowest BCUT2D eigenvalue weighted by atomic mass is 9.93. The first-order chi connectivity index (χ1) is 10.3. The molecule has 0 saturated heterocycles. The first kappa shape index (κ1) is 15.3. The summed E-state index contributed by atoms with van der Waals surface area (Å²) in [4.78, 5) is 12.0. The third-order valence-electron chi connectivity index (χ3n) is 3.74. The number of hydrogen-bond acceptors (Lipinski definition) is 2. The van der Waals surface area contributed by atoms with Gasteiger partial charge in [0.1, 0.15) is 0 Å². The van der Waals surface area contributed by atoms with Gasteiger partial charge in [-0.3, -0.25) is 4.79 Å². The van der Waals surface area contributed by atoms with Crippen LogP contribution in [0.5, 0.6) is 0 Å². The van der Waals surface area contributed by atoms with E-state index in [0.29, 0.717) is 0 Å². The maximum atomic E-state index is 12.0. The molecule has 0 aliphatic carbocycles. The van der Waals surface area contributed by atoms with E-state index in [1.807, 2.05) is 36.4 Å². The summed E-state index contributed by atoms with van der Waals surface area (Å²) in [5.74, 6) is -0.284. The standard InChI is InChI=1S/C19H22O2/c1-21-19(20)18(17-13-6-3-7-14-17)15-9-8-12-16-10-4-2-5-11-16/h2-7,10-11,13-14,18H,8-9,12,15H2,1H3. The van der Waals surface area contributed by atoms with E-state index in [1.165, 1.54) is 12.7 Å². The summed E-state index contributed by atoms with van der Waals surface area (Å²) in [6, 6.07) is 20.4. The highest BCUT2D eigenvalue weighted by Gasteiger charge is 2.20. The lowest BCUT2D eigenvalue weighted by Gasteiger charge is -2.14. The zero-order valence-electron chi connectivity index (χ0n) is 12.5. The van der Waals surface area contributed by atoms with Gasteiger partial charge in [-0.1, -0.05) is 67.1 Å². The maximum Gasteiger partial charge on any atom is 0.313 e. The molecule has 1 unspecified atom stereocenters. The van der Waals surface area contributed by atoms with E-state index in [1.54, 1.807) is 0 Å². The van der Waals surface area contributed by atoms with E-state index in [2.05, 4.69) is 24.3 Å². The van der Waals surface area contributed by atoms with Crippen molar-refractivity contribution in [3.63, 3.8) is 0 Å². The molecule has 1 atom stereocenters. The number of benzene rings is 2. The van der Waals surface area contributed by atoms with Gasteiger partial charge in [0.15, 0.2) is 0 Å². The molecule has 0 saturated carbocycles. The summed E-state index contributed by atoms with van der Waals surface area (Å²) in [5.41, 5.74) is 2.40. The van der Waals surface area contributed by atoms with Crippen LogP contribution in [0, 0.1) is 0 Å². The maximum absolute atomic E-state index is 12.0. The van der Waals surface area contributed by atoms with E-state index in [9.17, 15) is 4.79 Å². The molecule has 0 N–H and O–H groups in total. The molecule has 0 amide bonds. The lowest BCUT2D eigenvalue weighted by molar-refractivity contribution is -0.142. The van der Waals surface area contributed by atoms with Gasteiger partial charge in [0.05, 0.1) is 13.0 Å². The Hall–Kier alpha value is -2.09. The van der Waals surface area contributed by atoms with E-state index >= 15 is 0 Å². The molecule has 0 bridgehead atoms. The first-order valence-corrected chi connectivity index (χ1v) is 7.48. The molecule has 110 valence electrons. The smallest absolute Gasteiger partial charge is 0.313 e. The third kappa shape index (κ3) is 4.75. The van der Waals surface area contributed by atoms with Gasteiger partial charge >= 0.3 is 5.97 Å². The van der Waals surface area contributed by atoms with E-state index in [-0.39, 0.29) is 11.9 Å². The molecule has 2 rings (SSSR count). The molecule has 2 heteroatoms.